The first-order valence-corrected chi connectivity index (χ1v) is 7.93. The molecular formula is C18H31N. The van der Waals surface area contributed by atoms with E-state index in [4.69, 9.17) is 5.73 Å². The zero-order chi connectivity index (χ0) is 14.3. The lowest BCUT2D eigenvalue weighted by molar-refractivity contribution is 0.388. The van der Waals surface area contributed by atoms with E-state index >= 15 is 0 Å². The van der Waals surface area contributed by atoms with Gasteiger partial charge in [-0.2, -0.15) is 0 Å². The van der Waals surface area contributed by atoms with E-state index in [1.165, 1.54) is 36.8 Å². The van der Waals surface area contributed by atoms with Crippen molar-refractivity contribution in [3.05, 3.63) is 35.4 Å². The predicted molar refractivity (Wildman–Crippen MR) is 85.4 cm³/mol. The van der Waals surface area contributed by atoms with Crippen molar-refractivity contribution in [3.63, 3.8) is 0 Å². The maximum atomic E-state index is 6.37. The molecule has 0 aliphatic rings. The second-order valence-electron chi connectivity index (χ2n) is 6.08. The van der Waals surface area contributed by atoms with Gasteiger partial charge in [0, 0.05) is 6.04 Å². The summed E-state index contributed by atoms with van der Waals surface area (Å²) in [6.45, 7) is 9.01. The van der Waals surface area contributed by atoms with Crippen molar-refractivity contribution >= 4 is 0 Å². The first-order chi connectivity index (χ1) is 9.08. The Labute approximate surface area is 119 Å². The molecule has 1 heteroatoms. The molecule has 1 rings (SSSR count). The maximum Gasteiger partial charge on any atom is 0.0297 e. The fourth-order valence-electron chi connectivity index (χ4n) is 2.60. The van der Waals surface area contributed by atoms with Gasteiger partial charge in [0.2, 0.25) is 0 Å². The molecule has 19 heavy (non-hydrogen) atoms. The Morgan fingerprint density at radius 1 is 1.00 bits per heavy atom. The summed E-state index contributed by atoms with van der Waals surface area (Å²) in [7, 11) is 0. The molecule has 2 unspecified atom stereocenters. The molecule has 0 spiro atoms. The number of benzene rings is 1. The highest BCUT2D eigenvalue weighted by atomic mass is 14.6. The maximum absolute atomic E-state index is 6.37. The van der Waals surface area contributed by atoms with Crippen LogP contribution in [-0.4, -0.2) is 0 Å². The third-order valence-electron chi connectivity index (χ3n) is 4.16. The first kappa shape index (κ1) is 16.2. The molecule has 2 N–H and O–H groups in total. The Balaban J connectivity index is 2.58. The van der Waals surface area contributed by atoms with Gasteiger partial charge in [-0.05, 0) is 29.4 Å². The molecule has 1 aromatic carbocycles. The van der Waals surface area contributed by atoms with Crippen LogP contribution in [0.25, 0.3) is 0 Å². The second-order valence-corrected chi connectivity index (χ2v) is 6.08. The van der Waals surface area contributed by atoms with Gasteiger partial charge in [-0.15, -0.1) is 0 Å². The van der Waals surface area contributed by atoms with E-state index in [0.29, 0.717) is 5.92 Å². The topological polar surface area (TPSA) is 26.0 Å². The van der Waals surface area contributed by atoms with Crippen molar-refractivity contribution in [2.24, 2.45) is 11.7 Å². The van der Waals surface area contributed by atoms with Gasteiger partial charge in [0.15, 0.2) is 0 Å². The molecule has 108 valence electrons. The molecule has 0 amide bonds. The number of hydrogen-bond donors (Lipinski definition) is 1. The average molecular weight is 261 g/mol. The van der Waals surface area contributed by atoms with Gasteiger partial charge in [-0.3, -0.25) is 0 Å². The smallest absolute Gasteiger partial charge is 0.0297 e. The van der Waals surface area contributed by atoms with Crippen LogP contribution in [0.15, 0.2) is 24.3 Å². The zero-order valence-electron chi connectivity index (χ0n) is 13.2. The van der Waals surface area contributed by atoms with Crippen LogP contribution < -0.4 is 5.73 Å². The molecule has 0 heterocycles. The largest absolute Gasteiger partial charge is 0.324 e. The Bertz CT molecular complexity index is 339. The van der Waals surface area contributed by atoms with Gasteiger partial charge in [-0.25, -0.2) is 0 Å². The summed E-state index contributed by atoms with van der Waals surface area (Å²) in [5, 5.41) is 0. The molecule has 0 aliphatic carbocycles. The van der Waals surface area contributed by atoms with Crippen molar-refractivity contribution in [1.82, 2.24) is 0 Å². The van der Waals surface area contributed by atoms with Crippen LogP contribution in [0.3, 0.4) is 0 Å². The summed E-state index contributed by atoms with van der Waals surface area (Å²) < 4.78 is 0. The van der Waals surface area contributed by atoms with E-state index in [2.05, 4.69) is 52.0 Å². The minimum atomic E-state index is 0.197. The lowest BCUT2D eigenvalue weighted by atomic mass is 9.89. The number of unbranched alkanes of at least 4 members (excludes halogenated alkanes) is 1. The molecule has 0 bridgehead atoms. The van der Waals surface area contributed by atoms with Crippen LogP contribution in [0, 0.1) is 5.92 Å². The van der Waals surface area contributed by atoms with E-state index in [1.807, 2.05) is 0 Å². The Morgan fingerprint density at radius 2 is 1.58 bits per heavy atom. The van der Waals surface area contributed by atoms with E-state index in [1.54, 1.807) is 0 Å². The molecule has 0 aliphatic heterocycles. The second kappa shape index (κ2) is 8.37. The average Bonchev–Trinajstić information content (AvgIpc) is 2.43. The summed E-state index contributed by atoms with van der Waals surface area (Å²) in [6.07, 6.45) is 6.31. The van der Waals surface area contributed by atoms with Crippen molar-refractivity contribution in [3.8, 4) is 0 Å². The van der Waals surface area contributed by atoms with Gasteiger partial charge in [0.1, 0.15) is 0 Å². The Kier molecular flexibility index (Phi) is 7.15. The van der Waals surface area contributed by atoms with Crippen molar-refractivity contribution in [1.29, 1.82) is 0 Å². The van der Waals surface area contributed by atoms with Crippen LogP contribution in [0.1, 0.15) is 82.9 Å². The number of nitrogens with two attached hydrogens (primary N) is 1. The fourth-order valence-corrected chi connectivity index (χ4v) is 2.60. The van der Waals surface area contributed by atoms with Crippen LogP contribution in [-0.2, 0) is 0 Å². The van der Waals surface area contributed by atoms with Crippen LogP contribution >= 0.6 is 0 Å². The van der Waals surface area contributed by atoms with Crippen molar-refractivity contribution < 1.29 is 0 Å². The van der Waals surface area contributed by atoms with Crippen LogP contribution in [0.5, 0.6) is 0 Å². The molecule has 0 radical (unpaired) electrons. The van der Waals surface area contributed by atoms with Gasteiger partial charge >= 0.3 is 0 Å². The molecule has 2 atom stereocenters. The van der Waals surface area contributed by atoms with E-state index in [0.717, 1.165) is 12.3 Å². The Morgan fingerprint density at radius 3 is 2.05 bits per heavy atom. The first-order valence-electron chi connectivity index (χ1n) is 7.93. The summed E-state index contributed by atoms with van der Waals surface area (Å²) in [6, 6.07) is 9.08. The highest BCUT2D eigenvalue weighted by molar-refractivity contribution is 5.26. The minimum Gasteiger partial charge on any atom is -0.324 e. The molecule has 0 fully saturated rings. The van der Waals surface area contributed by atoms with E-state index in [9.17, 15) is 0 Å². The highest BCUT2D eigenvalue weighted by Gasteiger charge is 2.13. The molecule has 0 saturated heterocycles. The summed E-state index contributed by atoms with van der Waals surface area (Å²) in [5.41, 5.74) is 9.06. The summed E-state index contributed by atoms with van der Waals surface area (Å²) in [5.74, 6) is 1.37. The molecular weight excluding hydrogens is 230 g/mol. The third kappa shape index (κ3) is 5.36. The van der Waals surface area contributed by atoms with Gasteiger partial charge < -0.3 is 5.73 Å². The van der Waals surface area contributed by atoms with Crippen LogP contribution in [0.4, 0.5) is 0 Å². The highest BCUT2D eigenvalue weighted by Crippen LogP contribution is 2.26. The summed E-state index contributed by atoms with van der Waals surface area (Å²) >= 11 is 0. The van der Waals surface area contributed by atoms with Crippen molar-refractivity contribution in [2.45, 2.75) is 71.8 Å². The normalized spacial score (nSPS) is 14.6. The number of rotatable bonds is 8. The Hall–Kier alpha value is -0.820. The van der Waals surface area contributed by atoms with Crippen molar-refractivity contribution in [2.75, 3.05) is 0 Å². The van der Waals surface area contributed by atoms with Gasteiger partial charge in [0.05, 0.1) is 0 Å². The van der Waals surface area contributed by atoms with Crippen LogP contribution in [0.2, 0.25) is 0 Å². The lowest BCUT2D eigenvalue weighted by Crippen LogP contribution is -2.15. The quantitative estimate of drug-likeness (QED) is 0.664. The minimum absolute atomic E-state index is 0.197. The SMILES string of the molecule is CCCCC(CC)CC(N)c1ccc(C(C)C)cc1. The molecule has 1 nitrogen and oxygen atoms in total. The molecule has 0 saturated carbocycles. The predicted octanol–water partition coefficient (Wildman–Crippen LogP) is 5.42. The number of hydrogen-bond acceptors (Lipinski definition) is 1. The third-order valence-corrected chi connectivity index (χ3v) is 4.16. The standard InChI is InChI=1S/C18H31N/c1-5-7-8-15(6-2)13-18(19)17-11-9-16(10-12-17)14(3)4/h9-12,14-15,18H,5-8,13,19H2,1-4H3. The fraction of sp³-hybridized carbons (Fsp3) is 0.667. The van der Waals surface area contributed by atoms with E-state index < -0.39 is 0 Å². The van der Waals surface area contributed by atoms with Gasteiger partial charge in [0.25, 0.3) is 0 Å². The molecule has 0 aromatic heterocycles. The van der Waals surface area contributed by atoms with E-state index in [-0.39, 0.29) is 6.04 Å². The zero-order valence-corrected chi connectivity index (χ0v) is 13.2. The lowest BCUT2D eigenvalue weighted by Gasteiger charge is -2.20. The summed E-state index contributed by atoms with van der Waals surface area (Å²) in [4.78, 5) is 0. The monoisotopic (exact) mass is 261 g/mol. The van der Waals surface area contributed by atoms with Gasteiger partial charge in [-0.1, -0.05) is 77.6 Å². The molecule has 1 aromatic rings.